The van der Waals surface area contributed by atoms with Gasteiger partial charge < -0.3 is 14.6 Å². The number of aryl methyl sites for hydroxylation is 2. The van der Waals surface area contributed by atoms with Gasteiger partial charge in [0.25, 0.3) is 10.0 Å². The van der Waals surface area contributed by atoms with E-state index in [0.717, 1.165) is 15.1 Å². The first-order chi connectivity index (χ1) is 13.7. The molecule has 8 heteroatoms. The van der Waals surface area contributed by atoms with E-state index >= 15 is 0 Å². The van der Waals surface area contributed by atoms with E-state index < -0.39 is 16.1 Å². The summed E-state index contributed by atoms with van der Waals surface area (Å²) < 4.78 is 37.7. The molecular formula is C21H22ClNO5S. The highest BCUT2D eigenvalue weighted by atomic mass is 35.5. The number of aromatic nitrogens is 1. The molecule has 0 fully saturated rings. The van der Waals surface area contributed by atoms with Crippen LogP contribution in [-0.2, 0) is 10.0 Å². The first-order valence-corrected chi connectivity index (χ1v) is 10.6. The van der Waals surface area contributed by atoms with Crippen LogP contribution in [0.25, 0.3) is 0 Å². The number of methoxy groups -OCH3 is 2. The van der Waals surface area contributed by atoms with Crippen LogP contribution in [0.1, 0.15) is 28.4 Å². The Morgan fingerprint density at radius 1 is 1.03 bits per heavy atom. The van der Waals surface area contributed by atoms with Crippen LogP contribution in [0.4, 0.5) is 0 Å². The maximum Gasteiger partial charge on any atom is 0.267 e. The van der Waals surface area contributed by atoms with Gasteiger partial charge >= 0.3 is 0 Å². The predicted molar refractivity (Wildman–Crippen MR) is 112 cm³/mol. The van der Waals surface area contributed by atoms with E-state index in [2.05, 4.69) is 0 Å². The van der Waals surface area contributed by atoms with Gasteiger partial charge in [-0.2, -0.15) is 0 Å². The van der Waals surface area contributed by atoms with Crippen molar-refractivity contribution >= 4 is 21.6 Å². The molecule has 1 N–H and O–H groups in total. The van der Waals surface area contributed by atoms with Gasteiger partial charge in [-0.3, -0.25) is 0 Å². The summed E-state index contributed by atoms with van der Waals surface area (Å²) in [6.45, 7) is 3.68. The van der Waals surface area contributed by atoms with E-state index in [-0.39, 0.29) is 10.6 Å². The molecule has 6 nitrogen and oxygen atoms in total. The third-order valence-electron chi connectivity index (χ3n) is 4.69. The largest absolute Gasteiger partial charge is 0.496 e. The summed E-state index contributed by atoms with van der Waals surface area (Å²) >= 11 is 6.27. The van der Waals surface area contributed by atoms with Gasteiger partial charge in [0.2, 0.25) is 0 Å². The summed E-state index contributed by atoms with van der Waals surface area (Å²) in [5, 5.41) is 11.3. The number of halogens is 1. The highest BCUT2D eigenvalue weighted by molar-refractivity contribution is 7.90. The number of benzene rings is 2. The molecular weight excluding hydrogens is 414 g/mol. The highest BCUT2D eigenvalue weighted by Crippen LogP contribution is 2.44. The fraction of sp³-hybridized carbons (Fsp3) is 0.238. The molecule has 1 atom stereocenters. The summed E-state index contributed by atoms with van der Waals surface area (Å²) in [5.41, 5.74) is 2.38. The molecule has 0 spiro atoms. The third kappa shape index (κ3) is 3.85. The van der Waals surface area contributed by atoms with E-state index in [1.807, 2.05) is 6.92 Å². The highest BCUT2D eigenvalue weighted by Gasteiger charge is 2.26. The Kier molecular flexibility index (Phi) is 5.93. The van der Waals surface area contributed by atoms with Crippen molar-refractivity contribution in [1.82, 2.24) is 3.97 Å². The Morgan fingerprint density at radius 3 is 2.24 bits per heavy atom. The molecule has 154 valence electrons. The number of aliphatic hydroxyl groups excluding tert-OH is 1. The van der Waals surface area contributed by atoms with Crippen molar-refractivity contribution in [1.29, 1.82) is 0 Å². The van der Waals surface area contributed by atoms with Crippen LogP contribution < -0.4 is 9.47 Å². The number of rotatable bonds is 6. The minimum Gasteiger partial charge on any atom is -0.496 e. The molecule has 1 unspecified atom stereocenters. The van der Waals surface area contributed by atoms with Crippen molar-refractivity contribution in [3.8, 4) is 11.5 Å². The van der Waals surface area contributed by atoms with Gasteiger partial charge in [-0.05, 0) is 43.7 Å². The monoisotopic (exact) mass is 435 g/mol. The quantitative estimate of drug-likeness (QED) is 0.630. The van der Waals surface area contributed by atoms with Crippen molar-refractivity contribution in [2.24, 2.45) is 0 Å². The molecule has 0 saturated carbocycles. The second-order valence-electron chi connectivity index (χ2n) is 6.65. The Labute approximate surface area is 175 Å². The molecule has 2 aromatic carbocycles. The van der Waals surface area contributed by atoms with Crippen molar-refractivity contribution in [3.05, 3.63) is 76.1 Å². The molecule has 0 aliphatic carbocycles. The van der Waals surface area contributed by atoms with Gasteiger partial charge in [0.1, 0.15) is 17.6 Å². The second kappa shape index (κ2) is 8.10. The lowest BCUT2D eigenvalue weighted by Crippen LogP contribution is -2.11. The van der Waals surface area contributed by atoms with Gasteiger partial charge in [-0.25, -0.2) is 12.4 Å². The normalized spacial score (nSPS) is 12.6. The lowest BCUT2D eigenvalue weighted by atomic mass is 9.99. The number of nitrogens with zero attached hydrogens (tertiary/aromatic N) is 1. The van der Waals surface area contributed by atoms with Crippen molar-refractivity contribution in [3.63, 3.8) is 0 Å². The van der Waals surface area contributed by atoms with Gasteiger partial charge in [0.15, 0.2) is 0 Å². The molecule has 1 heterocycles. The van der Waals surface area contributed by atoms with Gasteiger partial charge in [-0.1, -0.05) is 29.3 Å². The Morgan fingerprint density at radius 2 is 1.66 bits per heavy atom. The zero-order valence-electron chi connectivity index (χ0n) is 16.5. The van der Waals surface area contributed by atoms with Crippen LogP contribution in [0.2, 0.25) is 5.02 Å². The molecule has 0 amide bonds. The number of aliphatic hydroxyl groups is 1. The van der Waals surface area contributed by atoms with Crippen molar-refractivity contribution in [2.75, 3.05) is 14.2 Å². The lowest BCUT2D eigenvalue weighted by Gasteiger charge is -2.20. The summed E-state index contributed by atoms with van der Waals surface area (Å²) in [6.07, 6.45) is 1.56. The van der Waals surface area contributed by atoms with Crippen molar-refractivity contribution in [2.45, 2.75) is 24.8 Å². The summed E-state index contributed by atoms with van der Waals surface area (Å²) in [4.78, 5) is 0.161. The van der Waals surface area contributed by atoms with Crippen LogP contribution in [-0.4, -0.2) is 31.7 Å². The first-order valence-electron chi connectivity index (χ1n) is 8.80. The molecule has 0 aliphatic rings. The van der Waals surface area contributed by atoms with Crippen LogP contribution in [0, 0.1) is 13.8 Å². The maximum atomic E-state index is 12.9. The zero-order valence-corrected chi connectivity index (χ0v) is 18.1. The molecule has 29 heavy (non-hydrogen) atoms. The van der Waals surface area contributed by atoms with Gasteiger partial charge in [0.05, 0.1) is 29.7 Å². The molecule has 3 rings (SSSR count). The van der Waals surface area contributed by atoms with E-state index in [9.17, 15) is 13.5 Å². The van der Waals surface area contributed by atoms with E-state index in [0.29, 0.717) is 21.9 Å². The van der Waals surface area contributed by atoms with Gasteiger partial charge in [0, 0.05) is 18.0 Å². The number of hydrogen-bond acceptors (Lipinski definition) is 5. The fourth-order valence-corrected chi connectivity index (χ4v) is 4.74. The second-order valence-corrected chi connectivity index (χ2v) is 8.90. The predicted octanol–water partition coefficient (Wildman–Crippen LogP) is 4.09. The smallest absolute Gasteiger partial charge is 0.267 e. The van der Waals surface area contributed by atoms with Crippen molar-refractivity contribution < 1.29 is 23.0 Å². The lowest BCUT2D eigenvalue weighted by molar-refractivity contribution is 0.208. The van der Waals surface area contributed by atoms with E-state index in [1.165, 1.54) is 32.7 Å². The van der Waals surface area contributed by atoms with Crippen LogP contribution in [0.3, 0.4) is 0 Å². The zero-order chi connectivity index (χ0) is 21.3. The Bertz CT molecular complexity index is 1110. The average Bonchev–Trinajstić information content (AvgIpc) is 3.18. The molecule has 0 radical (unpaired) electrons. The van der Waals surface area contributed by atoms with Crippen LogP contribution in [0.5, 0.6) is 11.5 Å². The molecule has 3 aromatic rings. The topological polar surface area (TPSA) is 77.8 Å². The summed E-state index contributed by atoms with van der Waals surface area (Å²) in [5.74, 6) is 0.698. The fourth-order valence-electron chi connectivity index (χ4n) is 3.19. The van der Waals surface area contributed by atoms with E-state index in [1.54, 1.807) is 37.3 Å². The molecule has 0 saturated heterocycles. The van der Waals surface area contributed by atoms with E-state index in [4.69, 9.17) is 21.1 Å². The third-order valence-corrected chi connectivity index (χ3v) is 6.62. The summed E-state index contributed by atoms with van der Waals surface area (Å²) in [6, 6.07) is 9.78. The number of hydrogen-bond donors (Lipinski definition) is 1. The molecule has 0 bridgehead atoms. The average molecular weight is 436 g/mol. The van der Waals surface area contributed by atoms with Crippen LogP contribution in [0.15, 0.2) is 53.7 Å². The maximum absolute atomic E-state index is 12.9. The molecule has 1 aromatic heterocycles. The minimum absolute atomic E-state index is 0.161. The minimum atomic E-state index is -3.78. The Balaban J connectivity index is 2.07. The number of ether oxygens (including phenoxy) is 2. The first kappa shape index (κ1) is 21.2. The van der Waals surface area contributed by atoms with Crippen LogP contribution >= 0.6 is 11.6 Å². The molecule has 0 aliphatic heterocycles. The van der Waals surface area contributed by atoms with Gasteiger partial charge in [-0.15, -0.1) is 0 Å². The standard InChI is InChI=1S/C21H22ClNO5S/c1-13-5-7-16(8-6-13)29(25,26)23-10-9-15(12-23)19(24)18-20(27-3)14(2)11-17(22)21(18)28-4/h5-12,19,24H,1-4H3. The SMILES string of the molecule is COc1c(C)cc(Cl)c(OC)c1C(O)c1ccn(S(=O)(=O)c2ccc(C)cc2)c1. The summed E-state index contributed by atoms with van der Waals surface area (Å²) in [7, 11) is -0.853. The Hall–Kier alpha value is -2.48.